The molecular formula is C31H32ClN3O3. The van der Waals surface area contributed by atoms with Crippen LogP contribution in [0.5, 0.6) is 11.5 Å². The quantitative estimate of drug-likeness (QED) is 0.241. The molecule has 6 nitrogen and oxygen atoms in total. The summed E-state index contributed by atoms with van der Waals surface area (Å²) in [6.07, 6.45) is 1.72. The number of nitrogens with one attached hydrogen (secondary N) is 1. The molecule has 0 radical (unpaired) electrons. The monoisotopic (exact) mass is 529 g/mol. The fourth-order valence-electron chi connectivity index (χ4n) is 4.80. The minimum absolute atomic E-state index is 0.0523. The minimum atomic E-state index is -0.273. The summed E-state index contributed by atoms with van der Waals surface area (Å²) in [6, 6.07) is 23.3. The number of aromatic nitrogens is 2. The maximum absolute atomic E-state index is 13.7. The second-order valence-electron chi connectivity index (χ2n) is 9.97. The summed E-state index contributed by atoms with van der Waals surface area (Å²) in [5, 5.41) is 8.24. The van der Waals surface area contributed by atoms with Crippen LogP contribution in [-0.4, -0.2) is 41.3 Å². The zero-order valence-corrected chi connectivity index (χ0v) is 22.7. The van der Waals surface area contributed by atoms with Crippen molar-refractivity contribution in [3.8, 4) is 22.8 Å². The first-order valence-corrected chi connectivity index (χ1v) is 13.3. The van der Waals surface area contributed by atoms with Gasteiger partial charge in [-0.1, -0.05) is 61.8 Å². The number of halogens is 1. The molecule has 0 fully saturated rings. The second-order valence-corrected chi connectivity index (χ2v) is 10.4. The molecule has 1 aliphatic heterocycles. The van der Waals surface area contributed by atoms with Crippen LogP contribution in [0.15, 0.2) is 72.8 Å². The first-order chi connectivity index (χ1) is 18.4. The number of benzene rings is 3. The van der Waals surface area contributed by atoms with Crippen LogP contribution in [0.25, 0.3) is 11.3 Å². The van der Waals surface area contributed by atoms with E-state index in [0.29, 0.717) is 29.8 Å². The first-order valence-electron chi connectivity index (χ1n) is 13.0. The van der Waals surface area contributed by atoms with Crippen molar-refractivity contribution in [2.24, 2.45) is 5.92 Å². The van der Waals surface area contributed by atoms with Gasteiger partial charge in [-0.2, -0.15) is 5.10 Å². The highest BCUT2D eigenvalue weighted by atomic mass is 35.5. The smallest absolute Gasteiger partial charge is 0.273 e. The highest BCUT2D eigenvalue weighted by molar-refractivity contribution is 6.30. The highest BCUT2D eigenvalue weighted by Gasteiger charge is 2.41. The molecule has 5 rings (SSSR count). The molecule has 1 unspecified atom stereocenters. The van der Waals surface area contributed by atoms with Crippen molar-refractivity contribution in [3.05, 3.63) is 100 Å². The number of fused-ring (bicyclic) bond motifs is 1. The lowest BCUT2D eigenvalue weighted by Gasteiger charge is -2.26. The van der Waals surface area contributed by atoms with Crippen molar-refractivity contribution in [1.29, 1.82) is 0 Å². The van der Waals surface area contributed by atoms with Gasteiger partial charge in [0.15, 0.2) is 0 Å². The zero-order chi connectivity index (χ0) is 26.6. The Hall–Kier alpha value is -3.77. The summed E-state index contributed by atoms with van der Waals surface area (Å²) in [5.74, 6) is 2.18. The van der Waals surface area contributed by atoms with Crippen LogP contribution in [0, 0.1) is 5.92 Å². The van der Waals surface area contributed by atoms with Gasteiger partial charge in [0.05, 0.1) is 25.5 Å². The minimum Gasteiger partial charge on any atom is -0.497 e. The van der Waals surface area contributed by atoms with Crippen LogP contribution in [0.4, 0.5) is 0 Å². The van der Waals surface area contributed by atoms with Gasteiger partial charge in [-0.05, 0) is 66.3 Å². The van der Waals surface area contributed by atoms with Gasteiger partial charge in [0, 0.05) is 22.7 Å². The summed E-state index contributed by atoms with van der Waals surface area (Å²) >= 11 is 6.14. The molecule has 38 heavy (non-hydrogen) atoms. The Bertz CT molecular complexity index is 1380. The topological polar surface area (TPSA) is 67.5 Å². The van der Waals surface area contributed by atoms with E-state index in [2.05, 4.69) is 36.2 Å². The normalized spacial score (nSPS) is 14.7. The Kier molecular flexibility index (Phi) is 7.70. The van der Waals surface area contributed by atoms with Crippen LogP contribution in [-0.2, 0) is 6.42 Å². The SMILES string of the molecule is COc1ccc(CCN2C(=O)c3[nH]nc(-c4ccc(Cl)cc4)c3C2c2ccc(OCCC(C)C)cc2)cc1. The third kappa shape index (κ3) is 5.41. The summed E-state index contributed by atoms with van der Waals surface area (Å²) in [5.41, 5.74) is 5.25. The van der Waals surface area contributed by atoms with E-state index in [0.717, 1.165) is 52.3 Å². The van der Waals surface area contributed by atoms with E-state index in [1.54, 1.807) is 7.11 Å². The fourth-order valence-corrected chi connectivity index (χ4v) is 4.93. The largest absolute Gasteiger partial charge is 0.497 e. The Morgan fingerprint density at radius 3 is 2.32 bits per heavy atom. The molecule has 0 spiro atoms. The van der Waals surface area contributed by atoms with E-state index in [-0.39, 0.29) is 11.9 Å². The van der Waals surface area contributed by atoms with Crippen molar-refractivity contribution in [2.75, 3.05) is 20.3 Å². The molecule has 3 aromatic carbocycles. The molecule has 196 valence electrons. The Morgan fingerprint density at radius 1 is 0.974 bits per heavy atom. The second kappa shape index (κ2) is 11.3. The molecule has 1 N–H and O–H groups in total. The van der Waals surface area contributed by atoms with Crippen molar-refractivity contribution in [3.63, 3.8) is 0 Å². The van der Waals surface area contributed by atoms with Crippen LogP contribution in [0.3, 0.4) is 0 Å². The van der Waals surface area contributed by atoms with Crippen LogP contribution in [0.2, 0.25) is 5.02 Å². The summed E-state index contributed by atoms with van der Waals surface area (Å²) < 4.78 is 11.2. The van der Waals surface area contributed by atoms with Crippen molar-refractivity contribution >= 4 is 17.5 Å². The molecule has 0 saturated heterocycles. The Balaban J connectivity index is 1.46. The van der Waals surface area contributed by atoms with Gasteiger partial charge in [0.2, 0.25) is 0 Å². The number of aromatic amines is 1. The highest BCUT2D eigenvalue weighted by Crippen LogP contribution is 2.43. The average Bonchev–Trinajstić information content (AvgIpc) is 3.47. The molecule has 0 aliphatic carbocycles. The van der Waals surface area contributed by atoms with E-state index in [4.69, 9.17) is 21.1 Å². The Labute approximate surface area is 228 Å². The van der Waals surface area contributed by atoms with E-state index in [9.17, 15) is 4.79 Å². The maximum Gasteiger partial charge on any atom is 0.273 e. The van der Waals surface area contributed by atoms with Gasteiger partial charge < -0.3 is 14.4 Å². The number of amides is 1. The number of carbonyl (C=O) groups is 1. The number of hydrogen-bond donors (Lipinski definition) is 1. The number of carbonyl (C=O) groups excluding carboxylic acids is 1. The van der Waals surface area contributed by atoms with Crippen molar-refractivity contribution < 1.29 is 14.3 Å². The number of nitrogens with zero attached hydrogens (tertiary/aromatic N) is 2. The van der Waals surface area contributed by atoms with Crippen LogP contribution < -0.4 is 9.47 Å². The molecule has 1 aromatic heterocycles. The maximum atomic E-state index is 13.7. The van der Waals surface area contributed by atoms with E-state index >= 15 is 0 Å². The van der Waals surface area contributed by atoms with Crippen LogP contribution >= 0.6 is 11.6 Å². The van der Waals surface area contributed by atoms with E-state index in [1.165, 1.54) is 0 Å². The van der Waals surface area contributed by atoms with Gasteiger partial charge in [-0.15, -0.1) is 0 Å². The molecule has 1 aliphatic rings. The molecule has 7 heteroatoms. The molecule has 0 saturated carbocycles. The van der Waals surface area contributed by atoms with Crippen molar-refractivity contribution in [2.45, 2.75) is 32.7 Å². The fraction of sp³-hybridized carbons (Fsp3) is 0.290. The zero-order valence-electron chi connectivity index (χ0n) is 21.9. The molecule has 4 aromatic rings. The van der Waals surface area contributed by atoms with E-state index in [1.807, 2.05) is 65.6 Å². The summed E-state index contributed by atoms with van der Waals surface area (Å²) in [4.78, 5) is 15.6. The molecule has 2 heterocycles. The van der Waals surface area contributed by atoms with Crippen molar-refractivity contribution in [1.82, 2.24) is 15.1 Å². The predicted octanol–water partition coefficient (Wildman–Crippen LogP) is 6.95. The summed E-state index contributed by atoms with van der Waals surface area (Å²) in [7, 11) is 1.66. The standard InChI is InChI=1S/C31H32ClN3O3/c1-20(2)17-19-38-26-14-8-23(9-15-26)30-27-28(22-6-10-24(32)11-7-22)33-34-29(27)31(36)35(30)18-16-21-4-12-25(37-3)13-5-21/h4-15,20,30H,16-19H2,1-3H3,(H,33,34). The number of H-pyrrole nitrogens is 1. The first kappa shape index (κ1) is 25.9. The number of rotatable bonds is 10. The third-order valence-electron chi connectivity index (χ3n) is 6.94. The van der Waals surface area contributed by atoms with E-state index < -0.39 is 0 Å². The average molecular weight is 530 g/mol. The molecule has 1 atom stereocenters. The van der Waals surface area contributed by atoms with Gasteiger partial charge in [0.25, 0.3) is 5.91 Å². The number of hydrogen-bond acceptors (Lipinski definition) is 4. The molecule has 0 bridgehead atoms. The summed E-state index contributed by atoms with van der Waals surface area (Å²) in [6.45, 7) is 5.61. The number of methoxy groups -OCH3 is 1. The van der Waals surface area contributed by atoms with Gasteiger partial charge >= 0.3 is 0 Å². The third-order valence-corrected chi connectivity index (χ3v) is 7.19. The molecule has 1 amide bonds. The van der Waals surface area contributed by atoms with Gasteiger partial charge in [0.1, 0.15) is 17.2 Å². The lowest BCUT2D eigenvalue weighted by molar-refractivity contribution is 0.0746. The lowest BCUT2D eigenvalue weighted by atomic mass is 9.96. The number of ether oxygens (including phenoxy) is 2. The molecular weight excluding hydrogens is 498 g/mol. The van der Waals surface area contributed by atoms with Crippen LogP contribution in [0.1, 0.15) is 53.5 Å². The lowest BCUT2D eigenvalue weighted by Crippen LogP contribution is -2.31. The predicted molar refractivity (Wildman–Crippen MR) is 150 cm³/mol. The Morgan fingerprint density at radius 2 is 1.66 bits per heavy atom. The van der Waals surface area contributed by atoms with Gasteiger partial charge in [-0.25, -0.2) is 0 Å². The van der Waals surface area contributed by atoms with Gasteiger partial charge in [-0.3, -0.25) is 9.89 Å².